The molecule has 10 nitrogen and oxygen atoms in total. The number of nitrogens with one attached hydrogen (secondary N) is 1. The zero-order valence-corrected chi connectivity index (χ0v) is 19.9. The van der Waals surface area contributed by atoms with E-state index in [2.05, 4.69) is 15.3 Å². The molecule has 3 rings (SSSR count). The third-order valence-electron chi connectivity index (χ3n) is 4.63. The van der Waals surface area contributed by atoms with Crippen LogP contribution < -0.4 is 5.32 Å². The fraction of sp³-hybridized carbons (Fsp3) is 0.304. The van der Waals surface area contributed by atoms with Gasteiger partial charge >= 0.3 is 17.9 Å². The van der Waals surface area contributed by atoms with Crippen molar-refractivity contribution in [3.63, 3.8) is 0 Å². The molecule has 0 saturated carbocycles. The fourth-order valence-corrected chi connectivity index (χ4v) is 4.08. The molecule has 0 spiro atoms. The molecule has 11 heteroatoms. The summed E-state index contributed by atoms with van der Waals surface area (Å²) in [6, 6.07) is 7.01. The third-order valence-corrected chi connectivity index (χ3v) is 5.82. The first kappa shape index (κ1) is 24.8. The lowest BCUT2D eigenvalue weighted by molar-refractivity contribution is -0.123. The molecule has 1 N–H and O–H groups in total. The van der Waals surface area contributed by atoms with Gasteiger partial charge in [0, 0.05) is 0 Å². The Bertz CT molecular complexity index is 1250. The van der Waals surface area contributed by atoms with Gasteiger partial charge in [0.25, 0.3) is 5.91 Å². The summed E-state index contributed by atoms with van der Waals surface area (Å²) in [5.41, 5.74) is 1.44. The quantitative estimate of drug-likeness (QED) is 0.375. The van der Waals surface area contributed by atoms with Crippen molar-refractivity contribution in [1.29, 1.82) is 0 Å². The highest BCUT2D eigenvalue weighted by Crippen LogP contribution is 2.34. The number of esters is 3. The normalized spacial score (nSPS) is 11.5. The number of amides is 1. The molecule has 0 saturated heterocycles. The second-order valence-corrected chi connectivity index (χ2v) is 8.00. The largest absolute Gasteiger partial charge is 0.462 e. The van der Waals surface area contributed by atoms with Crippen LogP contribution in [0.4, 0.5) is 5.00 Å². The van der Waals surface area contributed by atoms with E-state index in [1.807, 2.05) is 0 Å². The van der Waals surface area contributed by atoms with Crippen molar-refractivity contribution < 1.29 is 33.4 Å². The van der Waals surface area contributed by atoms with Gasteiger partial charge in [0.05, 0.1) is 36.0 Å². The molecule has 0 aliphatic carbocycles. The number of carbonyl (C=O) groups excluding carboxylic acids is 4. The van der Waals surface area contributed by atoms with Gasteiger partial charge in [0.1, 0.15) is 9.88 Å². The van der Waals surface area contributed by atoms with Crippen LogP contribution in [-0.2, 0) is 19.0 Å². The highest BCUT2D eigenvalue weighted by Gasteiger charge is 2.29. The second kappa shape index (κ2) is 10.8. The Morgan fingerprint density at radius 2 is 1.65 bits per heavy atom. The molecule has 0 aliphatic rings. The number of fused-ring (bicyclic) bond motifs is 1. The Morgan fingerprint density at radius 3 is 2.32 bits per heavy atom. The molecule has 0 bridgehead atoms. The van der Waals surface area contributed by atoms with Crippen molar-refractivity contribution in [1.82, 2.24) is 9.97 Å². The SMILES string of the molecule is CCOC(=O)c1sc(NC(=O)C(C)OC(=O)c2cnc3ccccc3n2)c(C(=O)OCC)c1C. The number of rotatable bonds is 8. The van der Waals surface area contributed by atoms with Gasteiger partial charge in [-0.05, 0) is 45.4 Å². The van der Waals surface area contributed by atoms with E-state index in [-0.39, 0.29) is 34.3 Å². The summed E-state index contributed by atoms with van der Waals surface area (Å²) in [6.07, 6.45) is 0.0341. The molecule has 34 heavy (non-hydrogen) atoms. The van der Waals surface area contributed by atoms with Crippen LogP contribution in [0.3, 0.4) is 0 Å². The van der Waals surface area contributed by atoms with Crippen LogP contribution in [-0.4, -0.2) is 53.1 Å². The van der Waals surface area contributed by atoms with E-state index in [0.29, 0.717) is 16.6 Å². The average Bonchev–Trinajstić information content (AvgIpc) is 3.14. The van der Waals surface area contributed by atoms with Crippen molar-refractivity contribution >= 4 is 51.2 Å². The Kier molecular flexibility index (Phi) is 7.90. The van der Waals surface area contributed by atoms with E-state index in [0.717, 1.165) is 11.3 Å². The molecule has 0 radical (unpaired) electrons. The molecule has 1 aromatic carbocycles. The van der Waals surface area contributed by atoms with Crippen LogP contribution in [0.2, 0.25) is 0 Å². The molecular weight excluding hydrogens is 462 g/mol. The number of anilines is 1. The van der Waals surface area contributed by atoms with E-state index in [9.17, 15) is 19.2 Å². The van der Waals surface area contributed by atoms with E-state index in [4.69, 9.17) is 14.2 Å². The lowest BCUT2D eigenvalue weighted by atomic mass is 10.1. The summed E-state index contributed by atoms with van der Waals surface area (Å²) in [4.78, 5) is 58.5. The minimum atomic E-state index is -1.23. The summed E-state index contributed by atoms with van der Waals surface area (Å²) in [5, 5.41) is 2.65. The lowest BCUT2D eigenvalue weighted by Gasteiger charge is -2.13. The maximum Gasteiger partial charge on any atom is 0.359 e. The molecule has 178 valence electrons. The standard InChI is InChI=1S/C23H23N3O7S/c1-5-31-22(29)17-12(3)18(23(30)32-6-2)34-20(17)26-19(27)13(4)33-21(28)16-11-24-14-9-7-8-10-15(14)25-16/h7-11,13H,5-6H2,1-4H3,(H,26,27). The zero-order valence-electron chi connectivity index (χ0n) is 19.0. The van der Waals surface area contributed by atoms with Crippen LogP contribution in [0.5, 0.6) is 0 Å². The van der Waals surface area contributed by atoms with Crippen molar-refractivity contribution in [2.24, 2.45) is 0 Å². The summed E-state index contributed by atoms with van der Waals surface area (Å²) in [5.74, 6) is -2.85. The van der Waals surface area contributed by atoms with Crippen LogP contribution in [0.25, 0.3) is 11.0 Å². The smallest absolute Gasteiger partial charge is 0.359 e. The van der Waals surface area contributed by atoms with Crippen LogP contribution in [0, 0.1) is 6.92 Å². The van der Waals surface area contributed by atoms with Gasteiger partial charge in [-0.25, -0.2) is 19.4 Å². The summed E-state index contributed by atoms with van der Waals surface area (Å²) in [6.45, 7) is 6.49. The maximum atomic E-state index is 12.8. The van der Waals surface area contributed by atoms with Gasteiger partial charge in [0.15, 0.2) is 11.8 Å². The van der Waals surface area contributed by atoms with Crippen molar-refractivity contribution in [2.75, 3.05) is 18.5 Å². The summed E-state index contributed by atoms with van der Waals surface area (Å²) >= 11 is 0.881. The molecule has 1 atom stereocenters. The number of nitrogens with zero attached hydrogens (tertiary/aromatic N) is 2. The topological polar surface area (TPSA) is 134 Å². The molecule has 3 aromatic rings. The Hall–Kier alpha value is -3.86. The molecular formula is C23H23N3O7S. The highest BCUT2D eigenvalue weighted by molar-refractivity contribution is 7.18. The number of ether oxygens (including phenoxy) is 3. The van der Waals surface area contributed by atoms with Crippen molar-refractivity contribution in [2.45, 2.75) is 33.8 Å². The van der Waals surface area contributed by atoms with Gasteiger partial charge in [-0.3, -0.25) is 9.78 Å². The maximum absolute atomic E-state index is 12.8. The molecule has 0 fully saturated rings. The number of benzene rings is 1. The van der Waals surface area contributed by atoms with Crippen molar-refractivity contribution in [3.8, 4) is 0 Å². The lowest BCUT2D eigenvalue weighted by Crippen LogP contribution is -2.30. The molecule has 1 unspecified atom stereocenters. The van der Waals surface area contributed by atoms with Crippen LogP contribution >= 0.6 is 11.3 Å². The van der Waals surface area contributed by atoms with E-state index >= 15 is 0 Å². The minimum Gasteiger partial charge on any atom is -0.462 e. The number of hydrogen-bond donors (Lipinski definition) is 1. The van der Waals surface area contributed by atoms with E-state index in [1.54, 1.807) is 45.0 Å². The number of carbonyl (C=O) groups is 4. The van der Waals surface area contributed by atoms with Gasteiger partial charge in [-0.2, -0.15) is 0 Å². The van der Waals surface area contributed by atoms with Crippen LogP contribution in [0.1, 0.15) is 56.9 Å². The minimum absolute atomic E-state index is 0.0437. The molecule has 2 aromatic heterocycles. The van der Waals surface area contributed by atoms with Gasteiger partial charge < -0.3 is 19.5 Å². The first-order valence-corrected chi connectivity index (χ1v) is 11.3. The third kappa shape index (κ3) is 5.37. The fourth-order valence-electron chi connectivity index (χ4n) is 2.99. The van der Waals surface area contributed by atoms with Gasteiger partial charge in [0.2, 0.25) is 0 Å². The predicted octanol–water partition coefficient (Wildman–Crippen LogP) is 3.54. The van der Waals surface area contributed by atoms with Crippen molar-refractivity contribution in [3.05, 3.63) is 52.2 Å². The molecule has 2 heterocycles. The predicted molar refractivity (Wildman–Crippen MR) is 124 cm³/mol. The van der Waals surface area contributed by atoms with E-state index in [1.165, 1.54) is 13.1 Å². The highest BCUT2D eigenvalue weighted by atomic mass is 32.1. The van der Waals surface area contributed by atoms with Gasteiger partial charge in [-0.1, -0.05) is 12.1 Å². The monoisotopic (exact) mass is 485 g/mol. The number of para-hydroxylation sites is 2. The first-order valence-electron chi connectivity index (χ1n) is 10.5. The average molecular weight is 486 g/mol. The number of hydrogen-bond acceptors (Lipinski definition) is 10. The first-order chi connectivity index (χ1) is 16.3. The molecule has 1 amide bonds. The number of thiophene rings is 1. The van der Waals surface area contributed by atoms with Crippen LogP contribution in [0.15, 0.2) is 30.5 Å². The number of aromatic nitrogens is 2. The Morgan fingerprint density at radius 1 is 1.00 bits per heavy atom. The zero-order chi connectivity index (χ0) is 24.8. The Balaban J connectivity index is 1.78. The second-order valence-electron chi connectivity index (χ2n) is 6.98. The summed E-state index contributed by atoms with van der Waals surface area (Å²) in [7, 11) is 0. The summed E-state index contributed by atoms with van der Waals surface area (Å²) < 4.78 is 15.3. The Labute approximate surface area is 199 Å². The molecule has 0 aliphatic heterocycles. The van der Waals surface area contributed by atoms with Gasteiger partial charge in [-0.15, -0.1) is 11.3 Å². The van der Waals surface area contributed by atoms with E-state index < -0.39 is 29.9 Å².